The van der Waals surface area contributed by atoms with Gasteiger partial charge < -0.3 is 16.0 Å². The first-order valence-electron chi connectivity index (χ1n) is 10.3. The van der Waals surface area contributed by atoms with Crippen molar-refractivity contribution in [3.63, 3.8) is 0 Å². The topological polar surface area (TPSA) is 83.2 Å². The molecule has 0 bridgehead atoms. The number of benzene rings is 2. The lowest BCUT2D eigenvalue weighted by atomic mass is 10.1. The maximum atomic E-state index is 5.96. The SMILES string of the molecule is Cc1cccc(N2CCN(Cc3nc(N)nc(Nc4ccc(C)c(C)c4)n3)CC2)c1. The third-order valence-electron chi connectivity index (χ3n) is 5.57. The third kappa shape index (κ3) is 4.86. The van der Waals surface area contributed by atoms with Gasteiger partial charge in [-0.15, -0.1) is 0 Å². The summed E-state index contributed by atoms with van der Waals surface area (Å²) in [6, 6.07) is 14.9. The van der Waals surface area contributed by atoms with Gasteiger partial charge in [-0.25, -0.2) is 0 Å². The Hall–Kier alpha value is -3.19. The number of hydrogen-bond donors (Lipinski definition) is 2. The van der Waals surface area contributed by atoms with Crippen molar-refractivity contribution in [3.8, 4) is 0 Å². The van der Waals surface area contributed by atoms with E-state index < -0.39 is 0 Å². The summed E-state index contributed by atoms with van der Waals surface area (Å²) < 4.78 is 0. The van der Waals surface area contributed by atoms with E-state index in [1.165, 1.54) is 22.4 Å². The number of aromatic nitrogens is 3. The van der Waals surface area contributed by atoms with Gasteiger partial charge in [0.15, 0.2) is 0 Å². The molecule has 156 valence electrons. The molecule has 3 N–H and O–H groups in total. The molecule has 0 saturated carbocycles. The van der Waals surface area contributed by atoms with Crippen LogP contribution in [0.1, 0.15) is 22.5 Å². The summed E-state index contributed by atoms with van der Waals surface area (Å²) in [5.74, 6) is 1.42. The monoisotopic (exact) mass is 403 g/mol. The number of nitrogen functional groups attached to an aromatic ring is 1. The van der Waals surface area contributed by atoms with E-state index in [2.05, 4.69) is 87.2 Å². The van der Waals surface area contributed by atoms with Gasteiger partial charge in [0.25, 0.3) is 0 Å². The van der Waals surface area contributed by atoms with E-state index in [1.807, 2.05) is 6.07 Å². The molecule has 1 saturated heterocycles. The Morgan fingerprint density at radius 1 is 0.900 bits per heavy atom. The van der Waals surface area contributed by atoms with Crippen molar-refractivity contribution in [2.75, 3.05) is 42.1 Å². The molecule has 0 atom stereocenters. The number of hydrogen-bond acceptors (Lipinski definition) is 7. The van der Waals surface area contributed by atoms with Gasteiger partial charge in [-0.05, 0) is 61.7 Å². The summed E-state index contributed by atoms with van der Waals surface area (Å²) in [6.07, 6.45) is 0. The second kappa shape index (κ2) is 8.67. The van der Waals surface area contributed by atoms with Crippen molar-refractivity contribution in [2.45, 2.75) is 27.3 Å². The number of aryl methyl sites for hydroxylation is 3. The molecule has 1 aliphatic heterocycles. The molecule has 3 aromatic rings. The van der Waals surface area contributed by atoms with Gasteiger partial charge >= 0.3 is 0 Å². The van der Waals surface area contributed by atoms with Crippen molar-refractivity contribution >= 4 is 23.3 Å². The first-order valence-corrected chi connectivity index (χ1v) is 10.3. The zero-order valence-corrected chi connectivity index (χ0v) is 17.9. The minimum atomic E-state index is 0.240. The number of nitrogens with two attached hydrogens (primary N) is 1. The summed E-state index contributed by atoms with van der Waals surface area (Å²) in [5, 5.41) is 3.26. The number of anilines is 4. The molecule has 1 fully saturated rings. The van der Waals surface area contributed by atoms with Crippen LogP contribution in [0.15, 0.2) is 42.5 Å². The first kappa shape index (κ1) is 20.1. The van der Waals surface area contributed by atoms with Crippen molar-refractivity contribution in [1.82, 2.24) is 19.9 Å². The maximum Gasteiger partial charge on any atom is 0.232 e. The van der Waals surface area contributed by atoms with Gasteiger partial charge in [0, 0.05) is 37.6 Å². The number of rotatable bonds is 5. The fourth-order valence-electron chi connectivity index (χ4n) is 3.70. The minimum Gasteiger partial charge on any atom is -0.369 e. The Kier molecular flexibility index (Phi) is 5.81. The molecule has 0 unspecified atom stereocenters. The van der Waals surface area contributed by atoms with Crippen LogP contribution >= 0.6 is 0 Å². The summed E-state index contributed by atoms with van der Waals surface area (Å²) >= 11 is 0. The molecular formula is C23H29N7. The van der Waals surface area contributed by atoms with Gasteiger partial charge in [0.05, 0.1) is 6.54 Å². The van der Waals surface area contributed by atoms with Crippen LogP contribution in [0.5, 0.6) is 0 Å². The molecule has 0 spiro atoms. The standard InChI is InChI=1S/C23H29N7/c1-16-5-4-6-20(13-16)30-11-9-29(10-12-30)15-21-26-22(24)28-23(27-21)25-19-8-7-17(2)18(3)14-19/h4-8,13-14H,9-12,15H2,1-3H3,(H3,24,25,26,27,28). The van der Waals surface area contributed by atoms with Crippen molar-refractivity contribution in [3.05, 3.63) is 65.0 Å². The third-order valence-corrected chi connectivity index (χ3v) is 5.57. The molecule has 0 radical (unpaired) electrons. The summed E-state index contributed by atoms with van der Waals surface area (Å²) in [7, 11) is 0. The quantitative estimate of drug-likeness (QED) is 0.675. The zero-order chi connectivity index (χ0) is 21.1. The fourth-order valence-corrected chi connectivity index (χ4v) is 3.70. The van der Waals surface area contributed by atoms with Crippen LogP contribution in [0, 0.1) is 20.8 Å². The van der Waals surface area contributed by atoms with E-state index in [4.69, 9.17) is 5.73 Å². The smallest absolute Gasteiger partial charge is 0.232 e. The van der Waals surface area contributed by atoms with Crippen molar-refractivity contribution in [2.24, 2.45) is 0 Å². The highest BCUT2D eigenvalue weighted by Gasteiger charge is 2.19. The van der Waals surface area contributed by atoms with E-state index in [0.717, 1.165) is 31.9 Å². The highest BCUT2D eigenvalue weighted by atomic mass is 15.3. The zero-order valence-electron chi connectivity index (χ0n) is 17.9. The van der Waals surface area contributed by atoms with Crippen LogP contribution < -0.4 is 16.0 Å². The van der Waals surface area contributed by atoms with Crippen LogP contribution in [0.3, 0.4) is 0 Å². The predicted molar refractivity (Wildman–Crippen MR) is 122 cm³/mol. The lowest BCUT2D eigenvalue weighted by Gasteiger charge is -2.35. The number of nitrogens with zero attached hydrogens (tertiary/aromatic N) is 5. The van der Waals surface area contributed by atoms with Crippen LogP contribution in [-0.2, 0) is 6.54 Å². The molecule has 7 heteroatoms. The normalized spacial score (nSPS) is 14.7. The Morgan fingerprint density at radius 3 is 2.43 bits per heavy atom. The van der Waals surface area contributed by atoms with E-state index >= 15 is 0 Å². The van der Waals surface area contributed by atoms with Gasteiger partial charge in [-0.2, -0.15) is 15.0 Å². The Balaban J connectivity index is 1.39. The lowest BCUT2D eigenvalue weighted by Crippen LogP contribution is -2.46. The van der Waals surface area contributed by atoms with Crippen molar-refractivity contribution in [1.29, 1.82) is 0 Å². The van der Waals surface area contributed by atoms with Gasteiger partial charge in [-0.3, -0.25) is 4.90 Å². The van der Waals surface area contributed by atoms with Crippen LogP contribution in [0.2, 0.25) is 0 Å². The molecule has 2 aromatic carbocycles. The molecule has 30 heavy (non-hydrogen) atoms. The first-order chi connectivity index (χ1) is 14.5. The van der Waals surface area contributed by atoms with Crippen LogP contribution in [0.25, 0.3) is 0 Å². The van der Waals surface area contributed by atoms with E-state index in [9.17, 15) is 0 Å². The number of nitrogens with one attached hydrogen (secondary N) is 1. The second-order valence-electron chi connectivity index (χ2n) is 7.96. The number of piperazine rings is 1. The van der Waals surface area contributed by atoms with Gasteiger partial charge in [0.2, 0.25) is 11.9 Å². The average Bonchev–Trinajstić information content (AvgIpc) is 2.71. The van der Waals surface area contributed by atoms with Crippen LogP contribution in [-0.4, -0.2) is 46.0 Å². The summed E-state index contributed by atoms with van der Waals surface area (Å²) in [6.45, 7) is 10.9. The Labute approximate surface area is 178 Å². The molecule has 0 amide bonds. The fraction of sp³-hybridized carbons (Fsp3) is 0.348. The average molecular weight is 404 g/mol. The summed E-state index contributed by atoms with van der Waals surface area (Å²) in [5.41, 5.74) is 12.0. The Bertz CT molecular complexity index is 1030. The molecule has 2 heterocycles. The second-order valence-corrected chi connectivity index (χ2v) is 7.96. The Morgan fingerprint density at radius 2 is 1.70 bits per heavy atom. The van der Waals surface area contributed by atoms with Crippen molar-refractivity contribution < 1.29 is 0 Å². The largest absolute Gasteiger partial charge is 0.369 e. The van der Waals surface area contributed by atoms with E-state index in [1.54, 1.807) is 0 Å². The van der Waals surface area contributed by atoms with E-state index in [0.29, 0.717) is 18.3 Å². The van der Waals surface area contributed by atoms with E-state index in [-0.39, 0.29) is 5.95 Å². The molecule has 7 nitrogen and oxygen atoms in total. The molecule has 1 aliphatic rings. The molecule has 4 rings (SSSR count). The lowest BCUT2D eigenvalue weighted by molar-refractivity contribution is 0.244. The summed E-state index contributed by atoms with van der Waals surface area (Å²) in [4.78, 5) is 18.0. The maximum absolute atomic E-state index is 5.96. The molecule has 1 aromatic heterocycles. The molecular weight excluding hydrogens is 374 g/mol. The van der Waals surface area contributed by atoms with Gasteiger partial charge in [0.1, 0.15) is 5.82 Å². The predicted octanol–water partition coefficient (Wildman–Crippen LogP) is 3.44. The van der Waals surface area contributed by atoms with Crippen LogP contribution in [0.4, 0.5) is 23.3 Å². The molecule has 0 aliphatic carbocycles. The van der Waals surface area contributed by atoms with Gasteiger partial charge in [-0.1, -0.05) is 18.2 Å². The highest BCUT2D eigenvalue weighted by molar-refractivity contribution is 5.56. The highest BCUT2D eigenvalue weighted by Crippen LogP contribution is 2.20. The minimum absolute atomic E-state index is 0.240.